The predicted molar refractivity (Wildman–Crippen MR) is 182 cm³/mol. The number of nitrogens with zero attached hydrogens (tertiary/aromatic N) is 1. The molecule has 0 radical (unpaired) electrons. The van der Waals surface area contributed by atoms with E-state index in [9.17, 15) is 14.4 Å². The molecular formula is C36H49N3O6S2. The summed E-state index contributed by atoms with van der Waals surface area (Å²) in [4.78, 5) is 42.1. The number of esters is 2. The van der Waals surface area contributed by atoms with Gasteiger partial charge in [-0.1, -0.05) is 51.5 Å². The summed E-state index contributed by atoms with van der Waals surface area (Å²) in [7, 11) is 3.77. The third kappa shape index (κ3) is 5.36. The van der Waals surface area contributed by atoms with Gasteiger partial charge in [-0.15, -0.1) is 0 Å². The van der Waals surface area contributed by atoms with Gasteiger partial charge >= 0.3 is 11.9 Å². The molecule has 0 aromatic carbocycles. The maximum atomic E-state index is 14.0. The Bertz CT molecular complexity index is 1420. The summed E-state index contributed by atoms with van der Waals surface area (Å²) in [5.74, 6) is 1.79. The fourth-order valence-corrected chi connectivity index (χ4v) is 13.4. The molecule has 3 aliphatic carbocycles. The predicted octanol–water partition coefficient (Wildman–Crippen LogP) is 4.52. The number of allylic oxidation sites excluding steroid dienone is 1. The Balaban J connectivity index is 1.21. The van der Waals surface area contributed by atoms with E-state index in [-0.39, 0.29) is 65.9 Å². The molecule has 47 heavy (non-hydrogen) atoms. The third-order valence-corrected chi connectivity index (χ3v) is 15.8. The lowest BCUT2D eigenvalue weighted by Gasteiger charge is -2.57. The van der Waals surface area contributed by atoms with Crippen LogP contribution in [0.2, 0.25) is 0 Å². The van der Waals surface area contributed by atoms with E-state index in [1.54, 1.807) is 13.0 Å². The Labute approximate surface area is 286 Å². The molecule has 1 saturated carbocycles. The van der Waals surface area contributed by atoms with Crippen molar-refractivity contribution in [1.29, 1.82) is 0 Å². The summed E-state index contributed by atoms with van der Waals surface area (Å²) >= 11 is 0. The zero-order valence-corrected chi connectivity index (χ0v) is 29.4. The first kappa shape index (κ1) is 32.4. The fraction of sp³-hybridized carbons (Fsp3) is 0.750. The van der Waals surface area contributed by atoms with Crippen LogP contribution in [-0.2, 0) is 28.6 Å². The van der Waals surface area contributed by atoms with E-state index < -0.39 is 11.2 Å². The van der Waals surface area contributed by atoms with Crippen molar-refractivity contribution in [3.63, 3.8) is 0 Å². The van der Waals surface area contributed by atoms with Crippen LogP contribution in [0.5, 0.6) is 0 Å². The van der Waals surface area contributed by atoms with Crippen LogP contribution in [0.4, 0.5) is 0 Å². The van der Waals surface area contributed by atoms with Crippen molar-refractivity contribution in [2.45, 2.75) is 113 Å². The molecule has 0 aromatic heterocycles. The molecule has 9 nitrogen and oxygen atoms in total. The topological polar surface area (TPSA) is 120 Å². The van der Waals surface area contributed by atoms with E-state index in [1.807, 2.05) is 28.5 Å². The summed E-state index contributed by atoms with van der Waals surface area (Å²) in [6.07, 6.45) is 13.8. The number of rotatable bonds is 2. The number of carbonyl (C=O) groups is 3. The zero-order chi connectivity index (χ0) is 32.7. The Morgan fingerprint density at radius 2 is 2.02 bits per heavy atom. The number of amides is 1. The minimum atomic E-state index is -0.926. The van der Waals surface area contributed by atoms with Crippen molar-refractivity contribution in [1.82, 2.24) is 10.2 Å². The second-order valence-electron chi connectivity index (χ2n) is 15.6. The highest BCUT2D eigenvalue weighted by atomic mass is 33.1. The minimum Gasteiger partial charge on any atom is -0.462 e. The number of fused-ring (bicyclic) bond motifs is 6. The molecule has 256 valence electrons. The highest BCUT2D eigenvalue weighted by molar-refractivity contribution is 8.77. The second kappa shape index (κ2) is 12.2. The lowest BCUT2D eigenvalue weighted by molar-refractivity contribution is -0.229. The molecule has 5 heterocycles. The summed E-state index contributed by atoms with van der Waals surface area (Å²) in [5.41, 5.74) is 6.88. The van der Waals surface area contributed by atoms with Gasteiger partial charge in [-0.25, -0.2) is 4.79 Å². The van der Waals surface area contributed by atoms with Crippen molar-refractivity contribution in [3.05, 3.63) is 35.5 Å². The molecule has 8 aliphatic rings. The molecule has 1 amide bonds. The summed E-state index contributed by atoms with van der Waals surface area (Å²) in [6, 6.07) is 0.260. The lowest BCUT2D eigenvalue weighted by Crippen LogP contribution is -2.66. The Hall–Kier alpha value is -1.79. The highest BCUT2D eigenvalue weighted by Gasteiger charge is 2.68. The maximum absolute atomic E-state index is 14.0. The Kier molecular flexibility index (Phi) is 8.42. The van der Waals surface area contributed by atoms with Crippen LogP contribution in [0.25, 0.3) is 0 Å². The summed E-state index contributed by atoms with van der Waals surface area (Å²) in [5, 5.41) is 3.80. The van der Waals surface area contributed by atoms with Crippen molar-refractivity contribution in [3.8, 4) is 0 Å². The van der Waals surface area contributed by atoms with Gasteiger partial charge in [0.05, 0.1) is 23.6 Å². The smallest absolute Gasteiger partial charge is 0.334 e. The summed E-state index contributed by atoms with van der Waals surface area (Å²) in [6.45, 7) is 7.23. The molecule has 5 aliphatic heterocycles. The molecule has 13 atom stereocenters. The van der Waals surface area contributed by atoms with E-state index >= 15 is 0 Å². The van der Waals surface area contributed by atoms with E-state index in [0.29, 0.717) is 54.9 Å². The van der Waals surface area contributed by atoms with Gasteiger partial charge in [0.2, 0.25) is 5.91 Å². The quantitative estimate of drug-likeness (QED) is 0.186. The first-order valence-electron chi connectivity index (χ1n) is 17.8. The van der Waals surface area contributed by atoms with Crippen LogP contribution in [0.15, 0.2) is 35.5 Å². The maximum Gasteiger partial charge on any atom is 0.334 e. The first-order valence-corrected chi connectivity index (χ1v) is 20.1. The van der Waals surface area contributed by atoms with Crippen LogP contribution in [0, 0.1) is 35.5 Å². The van der Waals surface area contributed by atoms with Gasteiger partial charge in [-0.2, -0.15) is 0 Å². The molecule has 11 heteroatoms. The molecule has 1 spiro atoms. The number of nitrogens with two attached hydrogens (primary N) is 1. The minimum absolute atomic E-state index is 0.0709. The number of nitrogens with one attached hydrogen (secondary N) is 1. The van der Waals surface area contributed by atoms with Crippen molar-refractivity contribution >= 4 is 39.4 Å². The van der Waals surface area contributed by atoms with Gasteiger partial charge in [-0.3, -0.25) is 9.59 Å². The van der Waals surface area contributed by atoms with E-state index in [0.717, 1.165) is 38.0 Å². The molecule has 8 rings (SSSR count). The summed E-state index contributed by atoms with van der Waals surface area (Å²) < 4.78 is 20.0. The highest BCUT2D eigenvalue weighted by Crippen LogP contribution is 2.62. The van der Waals surface area contributed by atoms with E-state index in [1.165, 1.54) is 5.57 Å². The number of ether oxygens (including phenoxy) is 3. The van der Waals surface area contributed by atoms with Gasteiger partial charge in [0.1, 0.15) is 17.3 Å². The fourth-order valence-electron chi connectivity index (χ4n) is 10.5. The standard InChI is InChI=1S/C36H49N3O6S2/c1-4-19(2)34(42)45-35(3)10-9-22-18-46-47-28-7-5-21-17-39(33(21)28)30(40)12-24-16-38-29(37)13-25(24)32(22)36(35)15-23-11-20-6-8-31(41)43-26(20)14-27(23)44-36/h4-5,7,9,20-21,23-29,32-33,38H,6,8,10-18,37H2,1-3H3/t20?,21-,23?,24?,25?,26?,27?,28-,29?,32-,33-,35-,36-/m0/s1. The van der Waals surface area contributed by atoms with Crippen molar-refractivity contribution in [2.75, 3.05) is 18.8 Å². The molecule has 0 bridgehead atoms. The number of carbonyl (C=O) groups excluding carboxylic acids is 3. The molecule has 0 aromatic rings. The van der Waals surface area contributed by atoms with Crippen molar-refractivity contribution < 1.29 is 28.6 Å². The molecule has 3 N–H and O–H groups in total. The Morgan fingerprint density at radius 3 is 2.85 bits per heavy atom. The lowest BCUT2D eigenvalue weighted by atomic mass is 9.56. The third-order valence-electron chi connectivity index (χ3n) is 13.1. The Morgan fingerprint density at radius 1 is 1.17 bits per heavy atom. The monoisotopic (exact) mass is 683 g/mol. The normalized spacial score (nSPS) is 47.6. The average molecular weight is 684 g/mol. The first-order chi connectivity index (χ1) is 22.6. The van der Waals surface area contributed by atoms with Gasteiger partial charge in [-0.05, 0) is 70.1 Å². The van der Waals surface area contributed by atoms with Crippen LogP contribution in [0.1, 0.15) is 72.1 Å². The van der Waals surface area contributed by atoms with E-state index in [4.69, 9.17) is 19.9 Å². The van der Waals surface area contributed by atoms with E-state index in [2.05, 4.69) is 35.4 Å². The average Bonchev–Trinajstić information content (AvgIpc) is 3.55. The molecule has 6 fully saturated rings. The number of piperidine rings is 1. The van der Waals surface area contributed by atoms with Crippen LogP contribution in [-0.4, -0.2) is 82.5 Å². The van der Waals surface area contributed by atoms with Crippen LogP contribution < -0.4 is 11.1 Å². The SMILES string of the molecule is CC=C(C)C(=O)O[C@@]1(C)CC=C2CSS[C@H]3C=C[C@H]4CN(C(=O)CC5CNC(N)CC5[C@H]2[C@@]12CC1CC5CCC(=O)OC5CC1O2)[C@H]34. The number of hydrogen-bond acceptors (Lipinski definition) is 10. The van der Waals surface area contributed by atoms with Crippen molar-refractivity contribution in [2.24, 2.45) is 41.2 Å². The second-order valence-corrected chi connectivity index (χ2v) is 18.2. The van der Waals surface area contributed by atoms with Crippen LogP contribution >= 0.6 is 21.6 Å². The van der Waals surface area contributed by atoms with Gasteiger partial charge in [0.15, 0.2) is 0 Å². The van der Waals surface area contributed by atoms with Gasteiger partial charge in [0.25, 0.3) is 0 Å². The molecular weight excluding hydrogens is 635 g/mol. The molecule has 7 unspecified atom stereocenters. The van der Waals surface area contributed by atoms with Crippen LogP contribution in [0.3, 0.4) is 0 Å². The molecule has 5 saturated heterocycles. The zero-order valence-electron chi connectivity index (χ0n) is 27.7. The van der Waals surface area contributed by atoms with Gasteiger partial charge < -0.3 is 30.2 Å². The van der Waals surface area contributed by atoms with Gasteiger partial charge in [0, 0.05) is 61.9 Å². The largest absolute Gasteiger partial charge is 0.462 e. The number of hydrogen-bond donors (Lipinski definition) is 2.